The first-order valence-electron chi connectivity index (χ1n) is 3.01. The topological polar surface area (TPSA) is 38.0 Å². The second-order valence-electron chi connectivity index (χ2n) is 1.97. The van der Waals surface area contributed by atoms with Crippen LogP contribution in [0, 0.1) is 0 Å². The van der Waals surface area contributed by atoms with Gasteiger partial charge in [0.15, 0.2) is 0 Å². The third-order valence-electron chi connectivity index (χ3n) is 1.25. The first kappa shape index (κ1) is 10.9. The van der Waals surface area contributed by atoms with Crippen LogP contribution in [0.3, 0.4) is 0 Å². The average Bonchev–Trinajstić information content (AvgIpc) is 1.94. The molecule has 0 amide bonds. The molecule has 0 saturated heterocycles. The third kappa shape index (κ3) is 3.20. The summed E-state index contributed by atoms with van der Waals surface area (Å²) in [6, 6.07) is 7.97. The fraction of sp³-hybridized carbons (Fsp3) is 0.143. The third-order valence-corrected chi connectivity index (χ3v) is 2.02. The lowest BCUT2D eigenvalue weighted by Gasteiger charge is -2.00. The zero-order valence-corrected chi connectivity index (χ0v) is 8.28. The second-order valence-corrected chi connectivity index (χ2v) is 2.83. The summed E-state index contributed by atoms with van der Waals surface area (Å²) in [5.41, 5.74) is 3.77. The number of hydrogen-bond donors (Lipinski definition) is 2. The number of nitrogens with two attached hydrogens (primary N) is 1. The Labute approximate surface area is 80.7 Å². The van der Waals surface area contributed by atoms with Crippen molar-refractivity contribution in [2.45, 2.75) is 6.54 Å². The predicted octanol–water partition coefficient (Wildman–Crippen LogP) is 1.83. The Hall–Kier alpha value is -0.0900. The van der Waals surface area contributed by atoms with Crippen LogP contribution < -0.4 is 11.3 Å². The molecule has 0 aliphatic carbocycles. The fourth-order valence-corrected chi connectivity index (χ4v) is 1.18. The minimum atomic E-state index is 0. The molecule has 0 radical (unpaired) electrons. The summed E-state index contributed by atoms with van der Waals surface area (Å²) < 4.78 is 1.09. The van der Waals surface area contributed by atoms with Gasteiger partial charge in [0, 0.05) is 11.0 Å². The normalized spacial score (nSPS) is 8.91. The van der Waals surface area contributed by atoms with Crippen molar-refractivity contribution < 1.29 is 0 Å². The van der Waals surface area contributed by atoms with Gasteiger partial charge in [-0.15, -0.1) is 12.4 Å². The van der Waals surface area contributed by atoms with Crippen molar-refractivity contribution in [1.29, 1.82) is 0 Å². The van der Waals surface area contributed by atoms with Gasteiger partial charge in [0.05, 0.1) is 0 Å². The second kappa shape index (κ2) is 5.55. The van der Waals surface area contributed by atoms with Crippen LogP contribution in [0.15, 0.2) is 28.7 Å². The average molecular weight is 238 g/mol. The van der Waals surface area contributed by atoms with E-state index in [4.69, 9.17) is 5.84 Å². The van der Waals surface area contributed by atoms with Crippen molar-refractivity contribution in [3.63, 3.8) is 0 Å². The van der Waals surface area contributed by atoms with Crippen LogP contribution in [0.25, 0.3) is 0 Å². The summed E-state index contributed by atoms with van der Waals surface area (Å²) in [4.78, 5) is 0. The highest BCUT2D eigenvalue weighted by Gasteiger charge is 1.93. The molecule has 1 aromatic rings. The van der Waals surface area contributed by atoms with E-state index in [-0.39, 0.29) is 12.4 Å². The molecule has 0 spiro atoms. The van der Waals surface area contributed by atoms with E-state index in [1.807, 2.05) is 24.3 Å². The van der Waals surface area contributed by atoms with Gasteiger partial charge in [0.1, 0.15) is 0 Å². The SMILES string of the molecule is Cl.NNCc1ccccc1Br. The van der Waals surface area contributed by atoms with Gasteiger partial charge in [-0.05, 0) is 11.6 Å². The monoisotopic (exact) mass is 236 g/mol. The molecule has 0 aromatic heterocycles. The molecular formula is C7H10BrClN2. The molecule has 4 heteroatoms. The van der Waals surface area contributed by atoms with Crippen LogP contribution in [-0.2, 0) is 6.54 Å². The van der Waals surface area contributed by atoms with E-state index in [0.717, 1.165) is 4.47 Å². The standard InChI is InChI=1S/C7H9BrN2.ClH/c8-7-4-2-1-3-6(7)5-10-9;/h1-4,10H,5,9H2;1H. The maximum absolute atomic E-state index is 5.16. The number of hydrazine groups is 1. The number of nitrogens with one attached hydrogen (secondary N) is 1. The largest absolute Gasteiger partial charge is 0.271 e. The van der Waals surface area contributed by atoms with Gasteiger partial charge in [0.2, 0.25) is 0 Å². The van der Waals surface area contributed by atoms with Crippen LogP contribution in [0.4, 0.5) is 0 Å². The maximum atomic E-state index is 5.16. The highest BCUT2D eigenvalue weighted by Crippen LogP contribution is 2.14. The minimum Gasteiger partial charge on any atom is -0.271 e. The molecule has 0 aliphatic heterocycles. The van der Waals surface area contributed by atoms with Crippen molar-refractivity contribution in [2.75, 3.05) is 0 Å². The first-order chi connectivity index (χ1) is 4.84. The lowest BCUT2D eigenvalue weighted by atomic mass is 10.2. The van der Waals surface area contributed by atoms with E-state index in [9.17, 15) is 0 Å². The summed E-state index contributed by atoms with van der Waals surface area (Å²) in [7, 11) is 0. The van der Waals surface area contributed by atoms with Gasteiger partial charge in [-0.2, -0.15) is 0 Å². The molecule has 1 aromatic carbocycles. The molecule has 0 saturated carbocycles. The Balaban J connectivity index is 0.000001000. The Morgan fingerprint density at radius 2 is 2.00 bits per heavy atom. The lowest BCUT2D eigenvalue weighted by Crippen LogP contribution is -2.20. The van der Waals surface area contributed by atoms with Crippen molar-refractivity contribution in [1.82, 2.24) is 5.43 Å². The Morgan fingerprint density at radius 1 is 1.36 bits per heavy atom. The molecule has 0 fully saturated rings. The maximum Gasteiger partial charge on any atom is 0.0359 e. The smallest absolute Gasteiger partial charge is 0.0359 e. The van der Waals surface area contributed by atoms with Gasteiger partial charge in [-0.3, -0.25) is 11.3 Å². The molecule has 3 N–H and O–H groups in total. The zero-order valence-electron chi connectivity index (χ0n) is 5.88. The fourth-order valence-electron chi connectivity index (χ4n) is 0.752. The number of benzene rings is 1. The Morgan fingerprint density at radius 3 is 2.55 bits per heavy atom. The highest BCUT2D eigenvalue weighted by molar-refractivity contribution is 9.10. The molecule has 0 unspecified atom stereocenters. The van der Waals surface area contributed by atoms with Crippen LogP contribution in [0.5, 0.6) is 0 Å². The zero-order chi connectivity index (χ0) is 7.40. The molecule has 2 nitrogen and oxygen atoms in total. The van der Waals surface area contributed by atoms with Crippen molar-refractivity contribution in [2.24, 2.45) is 5.84 Å². The molecule has 0 bridgehead atoms. The van der Waals surface area contributed by atoms with E-state index < -0.39 is 0 Å². The molecule has 62 valence electrons. The quantitative estimate of drug-likeness (QED) is 0.608. The summed E-state index contributed by atoms with van der Waals surface area (Å²) in [5.74, 6) is 5.16. The van der Waals surface area contributed by atoms with Gasteiger partial charge >= 0.3 is 0 Å². The summed E-state index contributed by atoms with van der Waals surface area (Å²) in [5, 5.41) is 0. The summed E-state index contributed by atoms with van der Waals surface area (Å²) in [6.07, 6.45) is 0. The minimum absolute atomic E-state index is 0. The molecular weight excluding hydrogens is 227 g/mol. The highest BCUT2D eigenvalue weighted by atomic mass is 79.9. The molecule has 1 rings (SSSR count). The van der Waals surface area contributed by atoms with Crippen LogP contribution in [-0.4, -0.2) is 0 Å². The van der Waals surface area contributed by atoms with Crippen LogP contribution >= 0.6 is 28.3 Å². The molecule has 11 heavy (non-hydrogen) atoms. The van der Waals surface area contributed by atoms with E-state index in [1.54, 1.807) is 0 Å². The molecule has 0 atom stereocenters. The summed E-state index contributed by atoms with van der Waals surface area (Å²) in [6.45, 7) is 0.696. The van der Waals surface area contributed by atoms with Crippen molar-refractivity contribution >= 4 is 28.3 Å². The van der Waals surface area contributed by atoms with Gasteiger partial charge in [-0.25, -0.2) is 0 Å². The number of hydrogen-bond acceptors (Lipinski definition) is 2. The van der Waals surface area contributed by atoms with Gasteiger partial charge in [-0.1, -0.05) is 34.1 Å². The van der Waals surface area contributed by atoms with E-state index in [0.29, 0.717) is 6.54 Å². The van der Waals surface area contributed by atoms with E-state index in [1.165, 1.54) is 5.56 Å². The van der Waals surface area contributed by atoms with Crippen molar-refractivity contribution in [3.05, 3.63) is 34.3 Å². The van der Waals surface area contributed by atoms with Gasteiger partial charge < -0.3 is 0 Å². The Kier molecular flexibility index (Phi) is 5.50. The molecule has 0 heterocycles. The van der Waals surface area contributed by atoms with E-state index >= 15 is 0 Å². The summed E-state index contributed by atoms with van der Waals surface area (Å²) >= 11 is 3.40. The molecule has 0 aliphatic rings. The predicted molar refractivity (Wildman–Crippen MR) is 52.4 cm³/mol. The number of halogens is 2. The van der Waals surface area contributed by atoms with Crippen LogP contribution in [0.1, 0.15) is 5.56 Å². The Bertz CT molecular complexity index is 217. The number of rotatable bonds is 2. The lowest BCUT2D eigenvalue weighted by molar-refractivity contribution is 0.739. The van der Waals surface area contributed by atoms with Crippen LogP contribution in [0.2, 0.25) is 0 Å². The van der Waals surface area contributed by atoms with Gasteiger partial charge in [0.25, 0.3) is 0 Å². The first-order valence-corrected chi connectivity index (χ1v) is 3.81. The van der Waals surface area contributed by atoms with Crippen molar-refractivity contribution in [3.8, 4) is 0 Å². The van der Waals surface area contributed by atoms with E-state index in [2.05, 4.69) is 21.4 Å².